The monoisotopic (exact) mass is 384 g/mol. The van der Waals surface area contributed by atoms with Crippen molar-refractivity contribution in [1.82, 2.24) is 0 Å². The number of halogens is 1. The summed E-state index contributed by atoms with van der Waals surface area (Å²) in [6.07, 6.45) is 4.63. The number of fused-ring (bicyclic) bond motifs is 1. The zero-order chi connectivity index (χ0) is 16.8. The number of hydrogen-bond acceptors (Lipinski definition) is 3. The molecule has 1 aliphatic rings. The van der Waals surface area contributed by atoms with Crippen LogP contribution in [-0.4, -0.2) is 26.2 Å². The molecule has 1 aromatic rings. The second kappa shape index (κ2) is 8.93. The van der Waals surface area contributed by atoms with Crippen molar-refractivity contribution in [2.75, 3.05) is 26.2 Å². The average Bonchev–Trinajstić information content (AvgIpc) is 2.79. The maximum atomic E-state index is 6.22. The minimum atomic E-state index is 0.148. The van der Waals surface area contributed by atoms with Crippen LogP contribution in [0, 0.1) is 11.8 Å². The van der Waals surface area contributed by atoms with Crippen LogP contribution >= 0.6 is 15.9 Å². The molecule has 0 fully saturated rings. The third-order valence-electron chi connectivity index (χ3n) is 4.73. The number of hydrogen-bond donors (Lipinski definition) is 0. The highest BCUT2D eigenvalue weighted by molar-refractivity contribution is 9.09. The fourth-order valence-corrected chi connectivity index (χ4v) is 3.55. The van der Waals surface area contributed by atoms with Crippen LogP contribution in [0.25, 0.3) is 0 Å². The van der Waals surface area contributed by atoms with Crippen molar-refractivity contribution in [3.05, 3.63) is 23.3 Å². The van der Waals surface area contributed by atoms with E-state index in [-0.39, 0.29) is 6.10 Å². The summed E-state index contributed by atoms with van der Waals surface area (Å²) >= 11 is 3.57. The van der Waals surface area contributed by atoms with E-state index in [1.54, 1.807) is 14.2 Å². The molecule has 0 saturated heterocycles. The first kappa shape index (κ1) is 18.6. The Kier molecular flexibility index (Phi) is 7.22. The van der Waals surface area contributed by atoms with Crippen LogP contribution in [0.15, 0.2) is 12.1 Å². The van der Waals surface area contributed by atoms with Gasteiger partial charge in [-0.2, -0.15) is 0 Å². The van der Waals surface area contributed by atoms with E-state index in [1.165, 1.54) is 24.0 Å². The summed E-state index contributed by atoms with van der Waals surface area (Å²) in [7, 11) is 3.39. The van der Waals surface area contributed by atoms with Crippen molar-refractivity contribution >= 4 is 15.9 Å². The Balaban J connectivity index is 2.25. The molecule has 0 saturated carbocycles. The summed E-state index contributed by atoms with van der Waals surface area (Å²) in [5.41, 5.74) is 2.62. The Hall–Kier alpha value is -0.740. The molecule has 1 aromatic carbocycles. The van der Waals surface area contributed by atoms with Gasteiger partial charge in [0.25, 0.3) is 0 Å². The molecule has 23 heavy (non-hydrogen) atoms. The van der Waals surface area contributed by atoms with Gasteiger partial charge in [-0.15, -0.1) is 0 Å². The molecule has 4 heteroatoms. The minimum Gasteiger partial charge on any atom is -0.493 e. The average molecular weight is 385 g/mol. The second-order valence-electron chi connectivity index (χ2n) is 6.62. The van der Waals surface area contributed by atoms with Gasteiger partial charge >= 0.3 is 0 Å². The van der Waals surface area contributed by atoms with Gasteiger partial charge in [-0.3, -0.25) is 0 Å². The van der Waals surface area contributed by atoms with Crippen LogP contribution in [0.1, 0.15) is 50.3 Å². The van der Waals surface area contributed by atoms with E-state index in [4.69, 9.17) is 14.2 Å². The largest absolute Gasteiger partial charge is 0.493 e. The number of alkyl halides is 1. The van der Waals surface area contributed by atoms with Gasteiger partial charge in [-0.1, -0.05) is 29.8 Å². The second-order valence-corrected chi connectivity index (χ2v) is 7.26. The Morgan fingerprint density at radius 2 is 1.87 bits per heavy atom. The Labute approximate surface area is 148 Å². The van der Waals surface area contributed by atoms with Gasteiger partial charge < -0.3 is 14.2 Å². The molecule has 0 N–H and O–H groups in total. The van der Waals surface area contributed by atoms with Crippen molar-refractivity contribution in [3.63, 3.8) is 0 Å². The fraction of sp³-hybridized carbons (Fsp3) is 0.684. The van der Waals surface area contributed by atoms with Crippen molar-refractivity contribution in [2.45, 2.75) is 45.6 Å². The first-order chi connectivity index (χ1) is 11.1. The molecule has 0 aliphatic carbocycles. The molecule has 0 bridgehead atoms. The van der Waals surface area contributed by atoms with Gasteiger partial charge in [0, 0.05) is 11.9 Å². The molecular formula is C19H29BrO3. The van der Waals surface area contributed by atoms with E-state index < -0.39 is 0 Å². The lowest BCUT2D eigenvalue weighted by Crippen LogP contribution is -2.15. The van der Waals surface area contributed by atoms with E-state index in [2.05, 4.69) is 41.9 Å². The maximum Gasteiger partial charge on any atom is 0.161 e. The lowest BCUT2D eigenvalue weighted by Gasteiger charge is -2.26. The van der Waals surface area contributed by atoms with Crippen LogP contribution in [0.5, 0.6) is 11.5 Å². The predicted octanol–water partition coefficient (Wildman–Crippen LogP) is 5.16. The molecule has 1 aliphatic heterocycles. The van der Waals surface area contributed by atoms with Crippen LogP contribution in [0.3, 0.4) is 0 Å². The van der Waals surface area contributed by atoms with Crippen LogP contribution in [0.2, 0.25) is 0 Å². The number of rotatable bonds is 7. The zero-order valence-corrected chi connectivity index (χ0v) is 16.3. The van der Waals surface area contributed by atoms with Crippen molar-refractivity contribution < 1.29 is 14.2 Å². The molecule has 0 radical (unpaired) electrons. The molecule has 130 valence electrons. The number of aryl methyl sites for hydroxylation is 1. The Morgan fingerprint density at radius 1 is 1.17 bits per heavy atom. The van der Waals surface area contributed by atoms with Crippen LogP contribution < -0.4 is 9.47 Å². The van der Waals surface area contributed by atoms with Gasteiger partial charge in [-0.05, 0) is 60.8 Å². The Bertz CT molecular complexity index is 504. The lowest BCUT2D eigenvalue weighted by molar-refractivity contribution is 0.0153. The molecule has 2 rings (SSSR count). The number of ether oxygens (including phenoxy) is 3. The van der Waals surface area contributed by atoms with Crippen molar-refractivity contribution in [2.24, 2.45) is 11.8 Å². The summed E-state index contributed by atoms with van der Waals surface area (Å²) in [5.74, 6) is 2.80. The molecule has 1 heterocycles. The molecular weight excluding hydrogens is 356 g/mol. The molecule has 3 unspecified atom stereocenters. The van der Waals surface area contributed by atoms with Crippen LogP contribution in [-0.2, 0) is 11.2 Å². The van der Waals surface area contributed by atoms with Crippen molar-refractivity contribution in [3.8, 4) is 11.5 Å². The summed E-state index contributed by atoms with van der Waals surface area (Å²) < 4.78 is 17.2. The minimum absolute atomic E-state index is 0.148. The maximum absolute atomic E-state index is 6.22. The van der Waals surface area contributed by atoms with E-state index in [9.17, 15) is 0 Å². The molecule has 3 atom stereocenters. The smallest absolute Gasteiger partial charge is 0.161 e. The first-order valence-corrected chi connectivity index (χ1v) is 9.65. The van der Waals surface area contributed by atoms with E-state index in [1.807, 2.05) is 0 Å². The summed E-state index contributed by atoms with van der Waals surface area (Å²) in [6.45, 7) is 5.41. The first-order valence-electron chi connectivity index (χ1n) is 8.53. The third-order valence-corrected chi connectivity index (χ3v) is 5.84. The standard InChI is InChI=1S/C19H29BrO3/c1-13(12-20)7-8-14(2)19-16-11-18(22-4)17(21-3)10-15(16)6-5-9-23-19/h10-11,13-14,19H,5-9,12H2,1-4H3. The normalized spacial score (nSPS) is 20.3. The SMILES string of the molecule is COc1cc2c(cc1OC)C(C(C)CCC(C)CBr)OCCC2. The molecule has 3 nitrogen and oxygen atoms in total. The highest BCUT2D eigenvalue weighted by Crippen LogP contribution is 2.40. The predicted molar refractivity (Wildman–Crippen MR) is 97.9 cm³/mol. The van der Waals surface area contributed by atoms with E-state index in [0.717, 1.165) is 36.3 Å². The molecule has 0 spiro atoms. The number of benzene rings is 1. The van der Waals surface area contributed by atoms with E-state index in [0.29, 0.717) is 11.8 Å². The molecule has 0 amide bonds. The summed E-state index contributed by atoms with van der Waals surface area (Å²) in [4.78, 5) is 0. The Morgan fingerprint density at radius 3 is 2.52 bits per heavy atom. The molecule has 0 aromatic heterocycles. The van der Waals surface area contributed by atoms with Gasteiger partial charge in [0.15, 0.2) is 11.5 Å². The van der Waals surface area contributed by atoms with Gasteiger partial charge in [-0.25, -0.2) is 0 Å². The highest BCUT2D eigenvalue weighted by Gasteiger charge is 2.27. The van der Waals surface area contributed by atoms with Crippen molar-refractivity contribution in [1.29, 1.82) is 0 Å². The topological polar surface area (TPSA) is 27.7 Å². The highest BCUT2D eigenvalue weighted by atomic mass is 79.9. The van der Waals surface area contributed by atoms with E-state index >= 15 is 0 Å². The quantitative estimate of drug-likeness (QED) is 0.607. The number of methoxy groups -OCH3 is 2. The third kappa shape index (κ3) is 4.63. The summed E-state index contributed by atoms with van der Waals surface area (Å²) in [6, 6.07) is 4.25. The van der Waals surface area contributed by atoms with Crippen LogP contribution in [0.4, 0.5) is 0 Å². The van der Waals surface area contributed by atoms with Gasteiger partial charge in [0.1, 0.15) is 0 Å². The van der Waals surface area contributed by atoms with Gasteiger partial charge in [0.05, 0.1) is 20.3 Å². The van der Waals surface area contributed by atoms with Gasteiger partial charge in [0.2, 0.25) is 0 Å². The fourth-order valence-electron chi connectivity index (χ4n) is 3.23. The zero-order valence-electron chi connectivity index (χ0n) is 14.7. The summed E-state index contributed by atoms with van der Waals surface area (Å²) in [5, 5.41) is 1.06. The lowest BCUT2D eigenvalue weighted by atomic mass is 9.88.